The van der Waals surface area contributed by atoms with Crippen LogP contribution >= 0.6 is 0 Å². The van der Waals surface area contributed by atoms with E-state index in [1.807, 2.05) is 25.5 Å². The van der Waals surface area contributed by atoms with E-state index in [4.69, 9.17) is 4.74 Å². The van der Waals surface area contributed by atoms with Gasteiger partial charge in [0.25, 0.3) is 0 Å². The number of aromatic nitrogens is 5. The molecule has 3 heterocycles. The van der Waals surface area contributed by atoms with Crippen molar-refractivity contribution < 1.29 is 9.53 Å². The summed E-state index contributed by atoms with van der Waals surface area (Å²) in [5, 5.41) is 8.52. The molecule has 0 aromatic carbocycles. The van der Waals surface area contributed by atoms with Crippen LogP contribution in [0.25, 0.3) is 16.8 Å². The number of rotatable bonds is 7. The quantitative estimate of drug-likeness (QED) is 0.597. The van der Waals surface area contributed by atoms with Crippen molar-refractivity contribution in [2.45, 2.75) is 12.8 Å². The Morgan fingerprint density at radius 2 is 2.22 bits per heavy atom. The predicted octanol–water partition coefficient (Wildman–Crippen LogP) is 1.93. The fourth-order valence-corrected chi connectivity index (χ4v) is 3.18. The minimum Gasteiger partial charge on any atom is -0.475 e. The Morgan fingerprint density at radius 1 is 1.41 bits per heavy atom. The Bertz CT molecular complexity index is 1000. The third-order valence-corrected chi connectivity index (χ3v) is 4.95. The molecule has 8 heteroatoms. The topological polar surface area (TPSA) is 77.6 Å². The van der Waals surface area contributed by atoms with Gasteiger partial charge in [-0.3, -0.25) is 9.48 Å². The van der Waals surface area contributed by atoms with Gasteiger partial charge in [-0.15, -0.1) is 0 Å². The maximum atomic E-state index is 11.8. The van der Waals surface area contributed by atoms with Gasteiger partial charge < -0.3 is 9.64 Å². The van der Waals surface area contributed by atoms with E-state index in [1.54, 1.807) is 33.5 Å². The Kier molecular flexibility index (Phi) is 4.18. The van der Waals surface area contributed by atoms with E-state index < -0.39 is 0 Å². The van der Waals surface area contributed by atoms with Gasteiger partial charge in [0, 0.05) is 37.8 Å². The van der Waals surface area contributed by atoms with Crippen LogP contribution in [0.4, 0.5) is 0 Å². The minimum absolute atomic E-state index is 0.0174. The van der Waals surface area contributed by atoms with Gasteiger partial charge >= 0.3 is 0 Å². The first-order valence-electron chi connectivity index (χ1n) is 8.83. The molecule has 0 atom stereocenters. The van der Waals surface area contributed by atoms with Crippen molar-refractivity contribution in [2.75, 3.05) is 20.2 Å². The zero-order chi connectivity index (χ0) is 19.0. The summed E-state index contributed by atoms with van der Waals surface area (Å²) in [4.78, 5) is 18.1. The van der Waals surface area contributed by atoms with Crippen LogP contribution in [0.1, 0.15) is 12.8 Å². The number of aryl methyl sites for hydroxylation is 1. The van der Waals surface area contributed by atoms with Gasteiger partial charge in [-0.05, 0) is 25.0 Å². The lowest BCUT2D eigenvalue weighted by molar-refractivity contribution is -0.125. The molecule has 4 rings (SSSR count). The average Bonchev–Trinajstić information content (AvgIpc) is 3.06. The maximum Gasteiger partial charge on any atom is 0.245 e. The minimum atomic E-state index is -0.0730. The molecule has 0 saturated heterocycles. The summed E-state index contributed by atoms with van der Waals surface area (Å²) in [6, 6.07) is 1.88. The highest BCUT2D eigenvalue weighted by Gasteiger charge is 2.45. The summed E-state index contributed by atoms with van der Waals surface area (Å²) in [5.74, 6) is 0.467. The second-order valence-corrected chi connectivity index (χ2v) is 7.18. The largest absolute Gasteiger partial charge is 0.475 e. The van der Waals surface area contributed by atoms with Gasteiger partial charge in [-0.2, -0.15) is 10.2 Å². The van der Waals surface area contributed by atoms with Crippen LogP contribution in [-0.4, -0.2) is 55.4 Å². The number of hydrogen-bond donors (Lipinski definition) is 0. The first-order valence-corrected chi connectivity index (χ1v) is 8.83. The van der Waals surface area contributed by atoms with Crippen LogP contribution in [0.15, 0.2) is 43.5 Å². The number of likely N-dealkylation sites (N-methyl/N-ethyl adjacent to an activating group) is 1. The number of hydrogen-bond acceptors (Lipinski definition) is 5. The Labute approximate surface area is 157 Å². The van der Waals surface area contributed by atoms with E-state index in [0.717, 1.165) is 29.6 Å². The highest BCUT2D eigenvalue weighted by molar-refractivity contribution is 5.86. The van der Waals surface area contributed by atoms with Gasteiger partial charge in [0.1, 0.15) is 5.52 Å². The molecule has 0 bridgehead atoms. The van der Waals surface area contributed by atoms with Gasteiger partial charge in [-0.1, -0.05) is 6.58 Å². The molecular weight excluding hydrogens is 344 g/mol. The van der Waals surface area contributed by atoms with Crippen molar-refractivity contribution >= 4 is 11.4 Å². The molecule has 1 aliphatic rings. The number of fused-ring (bicyclic) bond motifs is 1. The Balaban J connectivity index is 1.56. The monoisotopic (exact) mass is 366 g/mol. The molecule has 0 aliphatic heterocycles. The number of ether oxygens (including phenoxy) is 1. The molecule has 8 nitrogen and oxygen atoms in total. The molecule has 0 unspecified atom stereocenters. The van der Waals surface area contributed by atoms with Crippen LogP contribution in [-0.2, 0) is 11.8 Å². The lowest BCUT2D eigenvalue weighted by Gasteiger charge is -2.23. The van der Waals surface area contributed by atoms with E-state index >= 15 is 0 Å². The van der Waals surface area contributed by atoms with E-state index in [2.05, 4.69) is 21.8 Å². The van der Waals surface area contributed by atoms with E-state index in [9.17, 15) is 4.79 Å². The number of carbonyl (C=O) groups is 1. The van der Waals surface area contributed by atoms with Crippen LogP contribution < -0.4 is 4.74 Å². The molecule has 140 valence electrons. The van der Waals surface area contributed by atoms with Crippen molar-refractivity contribution in [3.8, 4) is 17.1 Å². The highest BCUT2D eigenvalue weighted by Crippen LogP contribution is 2.46. The SMILES string of the molecule is C=CC(=O)N(C)CC1(COc2nc(-c3cnn(C)c3)cn3nccc23)CC1. The molecular formula is C19H22N6O2. The smallest absolute Gasteiger partial charge is 0.245 e. The molecule has 1 saturated carbocycles. The number of carbonyl (C=O) groups excluding carboxylic acids is 1. The lowest BCUT2D eigenvalue weighted by Crippen LogP contribution is -2.34. The van der Waals surface area contributed by atoms with Crippen molar-refractivity contribution in [1.29, 1.82) is 0 Å². The third-order valence-electron chi connectivity index (χ3n) is 4.95. The Morgan fingerprint density at radius 3 is 2.89 bits per heavy atom. The van der Waals surface area contributed by atoms with Gasteiger partial charge in [-0.25, -0.2) is 9.50 Å². The maximum absolute atomic E-state index is 11.8. The predicted molar refractivity (Wildman–Crippen MR) is 100 cm³/mol. The van der Waals surface area contributed by atoms with Gasteiger partial charge in [0.2, 0.25) is 11.8 Å². The zero-order valence-electron chi connectivity index (χ0n) is 15.5. The standard InChI is InChI=1S/C19H22N6O2/c1-4-17(26)23(2)12-19(6-7-19)13-27-18-16-5-8-20-25(16)11-15(22-18)14-9-21-24(3)10-14/h4-5,8-11H,1,6-7,12-13H2,2-3H3. The van der Waals surface area contributed by atoms with Crippen molar-refractivity contribution in [3.63, 3.8) is 0 Å². The van der Waals surface area contributed by atoms with Crippen LogP contribution in [0.2, 0.25) is 0 Å². The van der Waals surface area contributed by atoms with Crippen LogP contribution in [0, 0.1) is 5.41 Å². The summed E-state index contributed by atoms with van der Waals surface area (Å²) in [7, 11) is 3.66. The summed E-state index contributed by atoms with van der Waals surface area (Å²) in [6.07, 6.45) is 10.6. The summed E-state index contributed by atoms with van der Waals surface area (Å²) >= 11 is 0. The van der Waals surface area contributed by atoms with Crippen molar-refractivity contribution in [1.82, 2.24) is 29.3 Å². The summed E-state index contributed by atoms with van der Waals surface area (Å²) in [6.45, 7) is 4.70. The van der Waals surface area contributed by atoms with Crippen molar-refractivity contribution in [2.24, 2.45) is 12.5 Å². The van der Waals surface area contributed by atoms with Crippen LogP contribution in [0.5, 0.6) is 5.88 Å². The zero-order valence-corrected chi connectivity index (χ0v) is 15.5. The molecule has 1 fully saturated rings. The number of amides is 1. The molecule has 0 N–H and O–H groups in total. The first-order chi connectivity index (χ1) is 13.0. The third kappa shape index (κ3) is 3.42. The second kappa shape index (κ2) is 6.53. The Hall–Kier alpha value is -3.16. The number of nitrogens with zero attached hydrogens (tertiary/aromatic N) is 6. The molecule has 3 aromatic heterocycles. The molecule has 0 radical (unpaired) electrons. The molecule has 27 heavy (non-hydrogen) atoms. The van der Waals surface area contributed by atoms with E-state index in [-0.39, 0.29) is 11.3 Å². The van der Waals surface area contributed by atoms with Crippen LogP contribution in [0.3, 0.4) is 0 Å². The van der Waals surface area contributed by atoms with Gasteiger partial charge in [0.05, 0.1) is 30.9 Å². The van der Waals surface area contributed by atoms with E-state index in [1.165, 1.54) is 6.08 Å². The second-order valence-electron chi connectivity index (χ2n) is 7.18. The summed E-state index contributed by atoms with van der Waals surface area (Å²) < 4.78 is 9.62. The lowest BCUT2D eigenvalue weighted by atomic mass is 10.1. The molecule has 0 spiro atoms. The fraction of sp³-hybridized carbons (Fsp3) is 0.368. The fourth-order valence-electron chi connectivity index (χ4n) is 3.18. The molecule has 3 aromatic rings. The normalized spacial score (nSPS) is 14.9. The average molecular weight is 366 g/mol. The summed E-state index contributed by atoms with van der Waals surface area (Å²) in [5.41, 5.74) is 2.44. The van der Waals surface area contributed by atoms with Crippen molar-refractivity contribution in [3.05, 3.63) is 43.5 Å². The van der Waals surface area contributed by atoms with Gasteiger partial charge in [0.15, 0.2) is 0 Å². The molecule has 1 aliphatic carbocycles. The highest BCUT2D eigenvalue weighted by atomic mass is 16.5. The molecule has 1 amide bonds. The van der Waals surface area contributed by atoms with E-state index in [0.29, 0.717) is 19.0 Å². The first kappa shape index (κ1) is 17.3.